The summed E-state index contributed by atoms with van der Waals surface area (Å²) in [5.74, 6) is -1.23. The molecule has 0 saturated heterocycles. The van der Waals surface area contributed by atoms with Crippen molar-refractivity contribution in [3.63, 3.8) is 0 Å². The van der Waals surface area contributed by atoms with Crippen LogP contribution in [0.5, 0.6) is 0 Å². The molecule has 0 aromatic rings. The second kappa shape index (κ2) is 12.4. The third-order valence-corrected chi connectivity index (χ3v) is 3.61. The van der Waals surface area contributed by atoms with E-state index in [1.165, 1.54) is 0 Å². The first-order valence-corrected chi connectivity index (χ1v) is 8.60. The Morgan fingerprint density at radius 2 is 2.20 bits per heavy atom. The summed E-state index contributed by atoms with van der Waals surface area (Å²) in [6.07, 6.45) is 4.60. The van der Waals surface area contributed by atoms with Gasteiger partial charge < -0.3 is 25.2 Å². The number of allylic oxidation sites excluding steroid dienone is 2. The monoisotopic (exact) mass is 356 g/mol. The van der Waals surface area contributed by atoms with Crippen molar-refractivity contribution in [2.24, 2.45) is 5.92 Å². The van der Waals surface area contributed by atoms with Gasteiger partial charge in [-0.3, -0.25) is 14.4 Å². The lowest BCUT2D eigenvalue weighted by molar-refractivity contribution is -0.148. The maximum Gasteiger partial charge on any atom is 0.306 e. The number of esters is 1. The number of amides is 2. The van der Waals surface area contributed by atoms with Gasteiger partial charge in [-0.15, -0.1) is 0 Å². The number of aliphatic hydroxyl groups excluding tert-OH is 1. The lowest BCUT2D eigenvalue weighted by Gasteiger charge is -2.19. The zero-order chi connectivity index (χ0) is 18.5. The molecule has 1 rings (SSSR count). The molecule has 0 fully saturated rings. The normalized spacial score (nSPS) is 22.3. The number of hydrogen-bond acceptors (Lipinski definition) is 6. The first-order chi connectivity index (χ1) is 12.0. The van der Waals surface area contributed by atoms with Crippen LogP contribution < -0.4 is 10.6 Å². The Bertz CT molecular complexity index is 466. The van der Waals surface area contributed by atoms with Crippen molar-refractivity contribution in [2.45, 2.75) is 38.7 Å². The molecule has 25 heavy (non-hydrogen) atoms. The zero-order valence-electron chi connectivity index (χ0n) is 14.7. The lowest BCUT2D eigenvalue weighted by atomic mass is 9.99. The van der Waals surface area contributed by atoms with Gasteiger partial charge in [-0.1, -0.05) is 12.2 Å². The van der Waals surface area contributed by atoms with Crippen LogP contribution >= 0.6 is 0 Å². The van der Waals surface area contributed by atoms with Crippen LogP contribution in [-0.4, -0.2) is 61.9 Å². The largest absolute Gasteiger partial charge is 0.461 e. The van der Waals surface area contributed by atoms with Gasteiger partial charge in [-0.05, 0) is 19.8 Å². The average molecular weight is 356 g/mol. The Hall–Kier alpha value is -1.93. The Labute approximate surface area is 147 Å². The van der Waals surface area contributed by atoms with E-state index in [9.17, 15) is 14.4 Å². The van der Waals surface area contributed by atoms with E-state index in [-0.39, 0.29) is 44.0 Å². The highest BCUT2D eigenvalue weighted by atomic mass is 16.5. The molecule has 2 unspecified atom stereocenters. The highest BCUT2D eigenvalue weighted by Crippen LogP contribution is 2.12. The van der Waals surface area contributed by atoms with Crippen LogP contribution in [-0.2, 0) is 23.9 Å². The molecule has 1 aliphatic heterocycles. The van der Waals surface area contributed by atoms with Crippen LogP contribution in [0.2, 0.25) is 0 Å². The number of ether oxygens (including phenoxy) is 2. The van der Waals surface area contributed by atoms with Gasteiger partial charge in [0, 0.05) is 19.4 Å². The number of hydrogen-bond donors (Lipinski definition) is 3. The summed E-state index contributed by atoms with van der Waals surface area (Å²) < 4.78 is 10.2. The van der Waals surface area contributed by atoms with Crippen molar-refractivity contribution < 1.29 is 29.0 Å². The molecule has 0 radical (unpaired) electrons. The number of carbonyl (C=O) groups excluding carboxylic acids is 3. The summed E-state index contributed by atoms with van der Waals surface area (Å²) in [5, 5.41) is 14.0. The van der Waals surface area contributed by atoms with Gasteiger partial charge in [0.15, 0.2) is 0 Å². The van der Waals surface area contributed by atoms with Crippen molar-refractivity contribution in [1.29, 1.82) is 0 Å². The average Bonchev–Trinajstić information content (AvgIpc) is 2.57. The predicted molar refractivity (Wildman–Crippen MR) is 90.6 cm³/mol. The Kier molecular flexibility index (Phi) is 10.5. The van der Waals surface area contributed by atoms with Crippen LogP contribution in [0.1, 0.15) is 32.6 Å². The molecule has 0 bridgehead atoms. The maximum atomic E-state index is 12.3. The molecule has 0 saturated carbocycles. The molecule has 0 aromatic carbocycles. The first-order valence-electron chi connectivity index (χ1n) is 8.60. The fraction of sp³-hybridized carbons (Fsp3) is 0.706. The summed E-state index contributed by atoms with van der Waals surface area (Å²) in [4.78, 5) is 35.8. The molecule has 2 atom stereocenters. The van der Waals surface area contributed by atoms with Crippen LogP contribution in [0, 0.1) is 5.92 Å². The third-order valence-electron chi connectivity index (χ3n) is 3.61. The van der Waals surface area contributed by atoms with E-state index < -0.39 is 12.0 Å². The third kappa shape index (κ3) is 9.83. The minimum atomic E-state index is -0.475. The van der Waals surface area contributed by atoms with E-state index in [4.69, 9.17) is 14.6 Å². The molecule has 1 heterocycles. The lowest BCUT2D eigenvalue weighted by Crippen LogP contribution is -2.39. The second-order valence-corrected chi connectivity index (χ2v) is 5.88. The number of cyclic esters (lactones) is 1. The molecular weight excluding hydrogens is 328 g/mol. The minimum absolute atomic E-state index is 0.0593. The van der Waals surface area contributed by atoms with E-state index in [0.29, 0.717) is 32.4 Å². The summed E-state index contributed by atoms with van der Waals surface area (Å²) in [6, 6.07) is 0. The summed E-state index contributed by atoms with van der Waals surface area (Å²) in [5.41, 5.74) is 0. The van der Waals surface area contributed by atoms with Crippen LogP contribution in [0.15, 0.2) is 12.2 Å². The molecule has 3 N–H and O–H groups in total. The van der Waals surface area contributed by atoms with E-state index in [0.717, 1.165) is 0 Å². The predicted octanol–water partition coefficient (Wildman–Crippen LogP) is -0.0942. The maximum absolute atomic E-state index is 12.3. The Morgan fingerprint density at radius 3 is 2.96 bits per heavy atom. The first kappa shape index (κ1) is 21.1. The number of carbonyl (C=O) groups is 3. The van der Waals surface area contributed by atoms with E-state index in [1.54, 1.807) is 6.92 Å². The van der Waals surface area contributed by atoms with Crippen LogP contribution in [0.25, 0.3) is 0 Å². The van der Waals surface area contributed by atoms with Gasteiger partial charge >= 0.3 is 5.97 Å². The van der Waals surface area contributed by atoms with E-state index in [1.807, 2.05) is 12.2 Å². The Morgan fingerprint density at radius 1 is 1.40 bits per heavy atom. The van der Waals surface area contributed by atoms with Gasteiger partial charge in [0.05, 0.1) is 32.3 Å². The molecule has 8 nitrogen and oxygen atoms in total. The molecule has 2 amide bonds. The fourth-order valence-corrected chi connectivity index (χ4v) is 2.30. The van der Waals surface area contributed by atoms with Gasteiger partial charge in [-0.25, -0.2) is 0 Å². The minimum Gasteiger partial charge on any atom is -0.461 e. The van der Waals surface area contributed by atoms with Crippen molar-refractivity contribution in [2.75, 3.05) is 32.9 Å². The molecule has 1 aliphatic rings. The molecule has 0 spiro atoms. The number of aliphatic hydroxyl groups is 1. The van der Waals surface area contributed by atoms with Crippen LogP contribution in [0.4, 0.5) is 0 Å². The standard InChI is InChI=1S/C17H28N2O6/c1-13-12-19-17(23)14(5-3-2-4-6-16(22)25-13)11-15(21)18-7-9-24-10-8-20/h2-3,13-14,20H,4-12H2,1H3,(H,18,21)(H,19,23). The van der Waals surface area contributed by atoms with Gasteiger partial charge in [0.25, 0.3) is 0 Å². The van der Waals surface area contributed by atoms with Gasteiger partial charge in [0.2, 0.25) is 11.8 Å². The molecule has 0 aliphatic carbocycles. The quantitative estimate of drug-likeness (QED) is 0.334. The molecular formula is C17H28N2O6. The van der Waals surface area contributed by atoms with Crippen molar-refractivity contribution >= 4 is 17.8 Å². The van der Waals surface area contributed by atoms with E-state index in [2.05, 4.69) is 10.6 Å². The van der Waals surface area contributed by atoms with Gasteiger partial charge in [-0.2, -0.15) is 0 Å². The van der Waals surface area contributed by atoms with Crippen molar-refractivity contribution in [3.8, 4) is 0 Å². The van der Waals surface area contributed by atoms with Crippen molar-refractivity contribution in [3.05, 3.63) is 12.2 Å². The summed E-state index contributed by atoms with van der Waals surface area (Å²) in [6.45, 7) is 2.75. The van der Waals surface area contributed by atoms with Crippen LogP contribution in [0.3, 0.4) is 0 Å². The number of nitrogens with one attached hydrogen (secondary N) is 2. The highest BCUT2D eigenvalue weighted by molar-refractivity contribution is 5.86. The molecule has 8 heteroatoms. The van der Waals surface area contributed by atoms with Gasteiger partial charge in [0.1, 0.15) is 6.10 Å². The highest BCUT2D eigenvalue weighted by Gasteiger charge is 2.22. The zero-order valence-corrected chi connectivity index (χ0v) is 14.7. The topological polar surface area (TPSA) is 114 Å². The summed E-state index contributed by atoms with van der Waals surface area (Å²) in [7, 11) is 0. The van der Waals surface area contributed by atoms with E-state index >= 15 is 0 Å². The smallest absolute Gasteiger partial charge is 0.306 e. The molecule has 142 valence electrons. The van der Waals surface area contributed by atoms with Crippen molar-refractivity contribution in [1.82, 2.24) is 10.6 Å². The fourth-order valence-electron chi connectivity index (χ4n) is 2.30. The number of rotatable bonds is 7. The SMILES string of the molecule is CC1CNC(=O)C(CC(=O)NCCOCCO)CC=CCCC(=O)O1. The summed E-state index contributed by atoms with van der Waals surface area (Å²) >= 11 is 0. The second-order valence-electron chi connectivity index (χ2n) is 5.88. The molecule has 0 aromatic heterocycles. The Balaban J connectivity index is 2.50.